The van der Waals surface area contributed by atoms with Crippen molar-refractivity contribution in [1.29, 1.82) is 0 Å². The van der Waals surface area contributed by atoms with E-state index < -0.39 is 11.8 Å². The molecule has 1 N–H and O–H groups in total. The van der Waals surface area contributed by atoms with Crippen LogP contribution in [0.4, 0.5) is 4.39 Å². The van der Waals surface area contributed by atoms with Crippen LogP contribution in [0, 0.1) is 19.8 Å². The lowest BCUT2D eigenvalue weighted by molar-refractivity contribution is 0.0285. The van der Waals surface area contributed by atoms with Crippen LogP contribution >= 0.6 is 0 Å². The Labute approximate surface area is 159 Å². The molecule has 2 aliphatic carbocycles. The van der Waals surface area contributed by atoms with Crippen LogP contribution in [0.25, 0.3) is 0 Å². The molecular formula is C21H26FN3O2. The maximum Gasteiger partial charge on any atom is 0.223 e. The number of aryl methyl sites for hydroxylation is 2. The predicted octanol–water partition coefficient (Wildman–Crippen LogP) is 3.77. The zero-order valence-corrected chi connectivity index (χ0v) is 15.9. The lowest BCUT2D eigenvalue weighted by Gasteiger charge is -2.32. The molecule has 2 aliphatic rings. The molecule has 0 unspecified atom stereocenters. The monoisotopic (exact) mass is 371 g/mol. The van der Waals surface area contributed by atoms with Gasteiger partial charge in [-0.15, -0.1) is 0 Å². The second-order valence-electron chi connectivity index (χ2n) is 8.01. The summed E-state index contributed by atoms with van der Waals surface area (Å²) in [5.74, 6) is 1.71. The number of aromatic nitrogens is 3. The smallest absolute Gasteiger partial charge is 0.223 e. The highest BCUT2D eigenvalue weighted by atomic mass is 19.1. The van der Waals surface area contributed by atoms with Crippen LogP contribution in [-0.2, 0) is 5.67 Å². The molecule has 2 fully saturated rings. The van der Waals surface area contributed by atoms with Crippen LogP contribution in [-0.4, -0.2) is 32.8 Å². The number of pyridine rings is 1. The Balaban J connectivity index is 1.45. The van der Waals surface area contributed by atoms with Crippen LogP contribution < -0.4 is 4.74 Å². The predicted molar refractivity (Wildman–Crippen MR) is 99.3 cm³/mol. The van der Waals surface area contributed by atoms with Gasteiger partial charge >= 0.3 is 0 Å². The molecule has 144 valence electrons. The number of aliphatic hydroxyl groups is 1. The highest BCUT2D eigenvalue weighted by molar-refractivity contribution is 5.31. The lowest BCUT2D eigenvalue weighted by Crippen LogP contribution is -2.30. The summed E-state index contributed by atoms with van der Waals surface area (Å²) in [6.07, 6.45) is 5.51. The van der Waals surface area contributed by atoms with Crippen LogP contribution in [0.3, 0.4) is 0 Å². The fourth-order valence-corrected chi connectivity index (χ4v) is 3.87. The standard InChI is InChI=1S/C21H26FN3O2/c1-13-3-4-19(24-10-13)17-9-15(17)12-27-20-18(11-23-14(2)25-20)21(22)7-5-16(26)6-8-21/h3-4,10-11,15-17,26H,5-9,12H2,1-2H3/t15-,16?,17-,21?/m0/s1. The summed E-state index contributed by atoms with van der Waals surface area (Å²) >= 11 is 0. The van der Waals surface area contributed by atoms with Gasteiger partial charge in [0.1, 0.15) is 11.5 Å². The van der Waals surface area contributed by atoms with E-state index in [0.29, 0.717) is 48.6 Å². The fourth-order valence-electron chi connectivity index (χ4n) is 3.87. The van der Waals surface area contributed by atoms with Gasteiger partial charge in [0.15, 0.2) is 0 Å². The van der Waals surface area contributed by atoms with Gasteiger partial charge in [0.25, 0.3) is 0 Å². The Kier molecular flexibility index (Phi) is 4.84. The highest BCUT2D eigenvalue weighted by Gasteiger charge is 2.42. The second-order valence-corrected chi connectivity index (χ2v) is 8.01. The number of hydrogen-bond acceptors (Lipinski definition) is 5. The van der Waals surface area contributed by atoms with Gasteiger partial charge < -0.3 is 9.84 Å². The summed E-state index contributed by atoms with van der Waals surface area (Å²) < 4.78 is 21.5. The summed E-state index contributed by atoms with van der Waals surface area (Å²) in [5.41, 5.74) is 1.14. The Morgan fingerprint density at radius 2 is 1.96 bits per heavy atom. The molecule has 2 atom stereocenters. The largest absolute Gasteiger partial charge is 0.477 e. The minimum atomic E-state index is -1.52. The zero-order chi connectivity index (χ0) is 19.0. The van der Waals surface area contributed by atoms with E-state index >= 15 is 4.39 Å². The first kappa shape index (κ1) is 18.3. The Bertz CT molecular complexity index is 804. The van der Waals surface area contributed by atoms with Gasteiger partial charge in [-0.1, -0.05) is 6.07 Å². The van der Waals surface area contributed by atoms with Crippen molar-refractivity contribution in [2.75, 3.05) is 6.61 Å². The molecular weight excluding hydrogens is 345 g/mol. The summed E-state index contributed by atoms with van der Waals surface area (Å²) in [7, 11) is 0. The van der Waals surface area contributed by atoms with E-state index in [1.807, 2.05) is 13.1 Å². The van der Waals surface area contributed by atoms with Crippen LogP contribution in [0.5, 0.6) is 5.88 Å². The minimum absolute atomic E-state index is 0.274. The molecule has 0 aliphatic heterocycles. The molecule has 0 radical (unpaired) electrons. The third kappa shape index (κ3) is 3.95. The van der Waals surface area contributed by atoms with Gasteiger partial charge in [-0.2, -0.15) is 4.98 Å². The average molecular weight is 371 g/mol. The number of alkyl halides is 1. The fraction of sp³-hybridized carbons (Fsp3) is 0.571. The zero-order valence-electron chi connectivity index (χ0n) is 15.9. The summed E-state index contributed by atoms with van der Waals surface area (Å²) in [4.78, 5) is 13.1. The first-order valence-electron chi connectivity index (χ1n) is 9.71. The average Bonchev–Trinajstić information content (AvgIpc) is 3.43. The normalized spacial score (nSPS) is 30.1. The van der Waals surface area contributed by atoms with Gasteiger partial charge in [0.05, 0.1) is 18.3 Å². The van der Waals surface area contributed by atoms with E-state index in [-0.39, 0.29) is 12.8 Å². The Morgan fingerprint density at radius 3 is 2.67 bits per heavy atom. The molecule has 6 heteroatoms. The summed E-state index contributed by atoms with van der Waals surface area (Å²) in [6, 6.07) is 4.15. The molecule has 0 bridgehead atoms. The van der Waals surface area contributed by atoms with Crippen LogP contribution in [0.2, 0.25) is 0 Å². The number of halogens is 1. The third-order valence-electron chi connectivity index (χ3n) is 5.78. The number of ether oxygens (including phenoxy) is 1. The van der Waals surface area contributed by atoms with Gasteiger partial charge in [0.2, 0.25) is 5.88 Å². The van der Waals surface area contributed by atoms with Crippen LogP contribution in [0.15, 0.2) is 24.5 Å². The second kappa shape index (κ2) is 7.15. The third-order valence-corrected chi connectivity index (χ3v) is 5.78. The van der Waals surface area contributed by atoms with Crippen molar-refractivity contribution in [3.63, 3.8) is 0 Å². The van der Waals surface area contributed by atoms with Crippen molar-refractivity contribution in [2.45, 2.75) is 63.6 Å². The van der Waals surface area contributed by atoms with E-state index in [1.54, 1.807) is 13.1 Å². The van der Waals surface area contributed by atoms with E-state index in [9.17, 15) is 5.11 Å². The minimum Gasteiger partial charge on any atom is -0.477 e. The van der Waals surface area contributed by atoms with Crippen molar-refractivity contribution in [1.82, 2.24) is 15.0 Å². The topological polar surface area (TPSA) is 68.1 Å². The molecule has 4 rings (SSSR count). The van der Waals surface area contributed by atoms with Crippen molar-refractivity contribution >= 4 is 0 Å². The lowest BCUT2D eigenvalue weighted by atomic mass is 9.81. The van der Waals surface area contributed by atoms with Crippen molar-refractivity contribution in [3.05, 3.63) is 47.2 Å². The number of nitrogens with zero attached hydrogens (tertiary/aromatic N) is 3. The van der Waals surface area contributed by atoms with E-state index in [0.717, 1.165) is 17.7 Å². The molecule has 2 aromatic rings. The van der Waals surface area contributed by atoms with Gasteiger partial charge in [-0.3, -0.25) is 4.98 Å². The molecule has 27 heavy (non-hydrogen) atoms. The highest BCUT2D eigenvalue weighted by Crippen LogP contribution is 2.48. The summed E-state index contributed by atoms with van der Waals surface area (Å²) in [6.45, 7) is 4.31. The van der Waals surface area contributed by atoms with Crippen molar-refractivity contribution in [3.8, 4) is 5.88 Å². The van der Waals surface area contributed by atoms with E-state index in [4.69, 9.17) is 4.74 Å². The van der Waals surface area contributed by atoms with Gasteiger partial charge in [-0.25, -0.2) is 9.37 Å². The molecule has 2 heterocycles. The molecule has 0 spiro atoms. The van der Waals surface area contributed by atoms with Gasteiger partial charge in [-0.05, 0) is 57.6 Å². The summed E-state index contributed by atoms with van der Waals surface area (Å²) in [5, 5.41) is 9.71. The van der Waals surface area contributed by atoms with Gasteiger partial charge in [0, 0.05) is 29.9 Å². The molecule has 2 aromatic heterocycles. The van der Waals surface area contributed by atoms with E-state index in [2.05, 4.69) is 27.1 Å². The molecule has 5 nitrogen and oxygen atoms in total. The Hall–Kier alpha value is -2.08. The number of hydrogen-bond donors (Lipinski definition) is 1. The Morgan fingerprint density at radius 1 is 1.19 bits per heavy atom. The quantitative estimate of drug-likeness (QED) is 0.866. The first-order chi connectivity index (χ1) is 12.9. The van der Waals surface area contributed by atoms with Crippen molar-refractivity contribution in [2.24, 2.45) is 5.92 Å². The maximum atomic E-state index is 15.5. The number of rotatable bonds is 5. The molecule has 0 saturated heterocycles. The number of aliphatic hydroxyl groups excluding tert-OH is 1. The van der Waals surface area contributed by atoms with E-state index in [1.165, 1.54) is 0 Å². The molecule has 0 aromatic carbocycles. The maximum absolute atomic E-state index is 15.5. The molecule has 0 amide bonds. The van der Waals surface area contributed by atoms with Crippen molar-refractivity contribution < 1.29 is 14.2 Å². The SMILES string of the molecule is Cc1ccc([C@H]2C[C@H]2COc2nc(C)ncc2C2(F)CCC(O)CC2)nc1. The first-order valence-corrected chi connectivity index (χ1v) is 9.71. The molecule has 2 saturated carbocycles. The van der Waals surface area contributed by atoms with Crippen LogP contribution in [0.1, 0.15) is 60.7 Å².